The van der Waals surface area contributed by atoms with Gasteiger partial charge in [0.1, 0.15) is 17.8 Å². The van der Waals surface area contributed by atoms with E-state index >= 15 is 0 Å². The van der Waals surface area contributed by atoms with Gasteiger partial charge < -0.3 is 0 Å². The molecule has 88 valence electrons. The molecular formula is C12H14N4O. The molecule has 0 saturated carbocycles. The smallest absolute Gasteiger partial charge is 0.188 e. The quantitative estimate of drug-likeness (QED) is 0.745. The normalized spacial score (nSPS) is 10.5. The summed E-state index contributed by atoms with van der Waals surface area (Å²) in [7, 11) is 0. The summed E-state index contributed by atoms with van der Waals surface area (Å²) in [6, 6.07) is 3.65. The lowest BCUT2D eigenvalue weighted by atomic mass is 10.1. The molecule has 2 aromatic rings. The third-order valence-corrected chi connectivity index (χ3v) is 2.52. The number of ketones is 1. The number of pyridine rings is 1. The molecule has 2 heterocycles. The van der Waals surface area contributed by atoms with E-state index in [1.165, 1.54) is 6.33 Å². The molecule has 2 rings (SSSR count). The summed E-state index contributed by atoms with van der Waals surface area (Å²) in [6.07, 6.45) is 3.35. The van der Waals surface area contributed by atoms with Crippen LogP contribution in [-0.4, -0.2) is 25.5 Å². The summed E-state index contributed by atoms with van der Waals surface area (Å²) in [5.74, 6) is 0.650. The summed E-state index contributed by atoms with van der Waals surface area (Å²) in [6.45, 7) is 4.62. The first-order valence-electron chi connectivity index (χ1n) is 5.53. The van der Waals surface area contributed by atoms with Crippen molar-refractivity contribution in [3.05, 3.63) is 41.7 Å². The largest absolute Gasteiger partial charge is 0.292 e. The predicted molar refractivity (Wildman–Crippen MR) is 62.7 cm³/mol. The number of hydrogen-bond donors (Lipinski definition) is 0. The van der Waals surface area contributed by atoms with Gasteiger partial charge in [0.25, 0.3) is 0 Å². The molecule has 5 nitrogen and oxygen atoms in total. The summed E-state index contributed by atoms with van der Waals surface area (Å²) < 4.78 is 1.72. The Kier molecular flexibility index (Phi) is 3.27. The monoisotopic (exact) mass is 230 g/mol. The SMILES string of the molecule is CCn1ncnc1CC(=O)c1cc(C)ccn1. The standard InChI is InChI=1S/C12H14N4O/c1-3-16-12(14-8-15-16)7-11(17)10-6-9(2)4-5-13-10/h4-6,8H,3,7H2,1-2H3. The molecule has 5 heteroatoms. The zero-order valence-electron chi connectivity index (χ0n) is 9.92. The van der Waals surface area contributed by atoms with Crippen molar-refractivity contribution in [1.29, 1.82) is 0 Å². The van der Waals surface area contributed by atoms with Gasteiger partial charge in [-0.05, 0) is 31.5 Å². The lowest BCUT2D eigenvalue weighted by molar-refractivity contribution is 0.0984. The van der Waals surface area contributed by atoms with Crippen LogP contribution in [-0.2, 0) is 13.0 Å². The van der Waals surface area contributed by atoms with Gasteiger partial charge in [0.2, 0.25) is 0 Å². The van der Waals surface area contributed by atoms with E-state index in [1.54, 1.807) is 16.9 Å². The summed E-state index contributed by atoms with van der Waals surface area (Å²) >= 11 is 0. The van der Waals surface area contributed by atoms with Crippen molar-refractivity contribution >= 4 is 5.78 Å². The van der Waals surface area contributed by atoms with Gasteiger partial charge in [0.15, 0.2) is 5.78 Å². The molecule has 2 aromatic heterocycles. The average molecular weight is 230 g/mol. The molecule has 0 spiro atoms. The van der Waals surface area contributed by atoms with Crippen molar-refractivity contribution in [2.45, 2.75) is 26.8 Å². The van der Waals surface area contributed by atoms with Crippen LogP contribution in [0.3, 0.4) is 0 Å². The highest BCUT2D eigenvalue weighted by Gasteiger charge is 2.12. The minimum atomic E-state index is -0.0311. The third kappa shape index (κ3) is 2.55. The molecule has 0 bridgehead atoms. The van der Waals surface area contributed by atoms with Crippen LogP contribution in [0.2, 0.25) is 0 Å². The van der Waals surface area contributed by atoms with Crippen molar-refractivity contribution < 1.29 is 4.79 Å². The first-order valence-corrected chi connectivity index (χ1v) is 5.53. The fourth-order valence-electron chi connectivity index (χ4n) is 1.61. The molecule has 17 heavy (non-hydrogen) atoms. The lowest BCUT2D eigenvalue weighted by Gasteiger charge is -2.02. The van der Waals surface area contributed by atoms with Crippen molar-refractivity contribution in [3.63, 3.8) is 0 Å². The van der Waals surface area contributed by atoms with Gasteiger partial charge in [-0.3, -0.25) is 9.78 Å². The maximum atomic E-state index is 12.0. The molecular weight excluding hydrogens is 216 g/mol. The van der Waals surface area contributed by atoms with E-state index < -0.39 is 0 Å². The second-order valence-electron chi connectivity index (χ2n) is 3.81. The van der Waals surface area contributed by atoms with Gasteiger partial charge in [0, 0.05) is 12.7 Å². The Bertz CT molecular complexity index is 533. The Hall–Kier alpha value is -2.04. The molecule has 0 saturated heterocycles. The van der Waals surface area contributed by atoms with Crippen LogP contribution in [0.15, 0.2) is 24.7 Å². The first-order chi connectivity index (χ1) is 8.20. The van der Waals surface area contributed by atoms with E-state index in [2.05, 4.69) is 15.1 Å². The van der Waals surface area contributed by atoms with Crippen LogP contribution in [0, 0.1) is 6.92 Å². The Morgan fingerprint density at radius 2 is 2.24 bits per heavy atom. The highest BCUT2D eigenvalue weighted by molar-refractivity contribution is 5.95. The van der Waals surface area contributed by atoms with E-state index in [4.69, 9.17) is 0 Å². The number of aryl methyl sites for hydroxylation is 2. The highest BCUT2D eigenvalue weighted by Crippen LogP contribution is 2.05. The van der Waals surface area contributed by atoms with Gasteiger partial charge in [-0.15, -0.1) is 0 Å². The lowest BCUT2D eigenvalue weighted by Crippen LogP contribution is -2.12. The second-order valence-corrected chi connectivity index (χ2v) is 3.81. The molecule has 0 aliphatic carbocycles. The predicted octanol–water partition coefficient (Wildman–Crippen LogP) is 1.43. The summed E-state index contributed by atoms with van der Waals surface area (Å²) in [5, 5.41) is 4.03. The van der Waals surface area contributed by atoms with Gasteiger partial charge >= 0.3 is 0 Å². The molecule has 0 aliphatic rings. The van der Waals surface area contributed by atoms with Gasteiger partial charge in [-0.25, -0.2) is 9.67 Å². The van der Waals surface area contributed by atoms with E-state index in [1.807, 2.05) is 19.9 Å². The third-order valence-electron chi connectivity index (χ3n) is 2.52. The number of carbonyl (C=O) groups excluding carboxylic acids is 1. The zero-order chi connectivity index (χ0) is 12.3. The van der Waals surface area contributed by atoms with E-state index in [0.29, 0.717) is 18.1 Å². The fraction of sp³-hybridized carbons (Fsp3) is 0.333. The molecule has 0 N–H and O–H groups in total. The van der Waals surface area contributed by atoms with Gasteiger partial charge in [-0.1, -0.05) is 0 Å². The Morgan fingerprint density at radius 1 is 1.41 bits per heavy atom. The number of aromatic nitrogens is 4. The van der Waals surface area contributed by atoms with Gasteiger partial charge in [-0.2, -0.15) is 5.10 Å². The van der Waals surface area contributed by atoms with Crippen molar-refractivity contribution in [2.24, 2.45) is 0 Å². The Balaban J connectivity index is 2.17. The molecule has 0 radical (unpaired) electrons. The number of rotatable bonds is 4. The highest BCUT2D eigenvalue weighted by atomic mass is 16.1. The number of carbonyl (C=O) groups is 1. The maximum Gasteiger partial charge on any atom is 0.188 e. The molecule has 0 aromatic carbocycles. The summed E-state index contributed by atoms with van der Waals surface area (Å²) in [4.78, 5) is 20.1. The van der Waals surface area contributed by atoms with Gasteiger partial charge in [0.05, 0.1) is 6.42 Å². The minimum absolute atomic E-state index is 0.0311. The number of Topliss-reactive ketones (excluding diaryl/α,β-unsaturated/α-hetero) is 1. The minimum Gasteiger partial charge on any atom is -0.292 e. The van der Waals surface area contributed by atoms with Crippen molar-refractivity contribution in [1.82, 2.24) is 19.7 Å². The fourth-order valence-corrected chi connectivity index (χ4v) is 1.61. The molecule has 0 atom stereocenters. The average Bonchev–Trinajstić information content (AvgIpc) is 2.76. The zero-order valence-corrected chi connectivity index (χ0v) is 9.92. The van der Waals surface area contributed by atoms with Crippen LogP contribution >= 0.6 is 0 Å². The topological polar surface area (TPSA) is 60.7 Å². The summed E-state index contributed by atoms with van der Waals surface area (Å²) in [5.41, 5.74) is 1.51. The first kappa shape index (κ1) is 11.4. The van der Waals surface area contributed by atoms with Crippen molar-refractivity contribution in [2.75, 3.05) is 0 Å². The maximum absolute atomic E-state index is 12.0. The van der Waals surface area contributed by atoms with Crippen LogP contribution in [0.1, 0.15) is 28.8 Å². The van der Waals surface area contributed by atoms with Crippen LogP contribution in [0.25, 0.3) is 0 Å². The van der Waals surface area contributed by atoms with Crippen LogP contribution in [0.4, 0.5) is 0 Å². The number of nitrogens with zero attached hydrogens (tertiary/aromatic N) is 4. The van der Waals surface area contributed by atoms with E-state index in [0.717, 1.165) is 5.56 Å². The van der Waals surface area contributed by atoms with Crippen molar-refractivity contribution in [3.8, 4) is 0 Å². The molecule has 0 unspecified atom stereocenters. The van der Waals surface area contributed by atoms with Crippen LogP contribution < -0.4 is 0 Å². The van der Waals surface area contributed by atoms with E-state index in [9.17, 15) is 4.79 Å². The molecule has 0 amide bonds. The van der Waals surface area contributed by atoms with E-state index in [-0.39, 0.29) is 12.2 Å². The number of hydrogen-bond acceptors (Lipinski definition) is 4. The molecule has 0 aliphatic heterocycles. The van der Waals surface area contributed by atoms with Crippen LogP contribution in [0.5, 0.6) is 0 Å². The Labute approximate surface area is 99.5 Å². The second kappa shape index (κ2) is 4.86. The molecule has 0 fully saturated rings. The Morgan fingerprint density at radius 3 is 2.94 bits per heavy atom.